The van der Waals surface area contributed by atoms with Crippen LogP contribution in [-0.2, 0) is 22.7 Å². The molecule has 2 unspecified atom stereocenters. The molecule has 4 aromatic carbocycles. The molecule has 0 aliphatic heterocycles. The molecule has 32 heavy (non-hydrogen) atoms. The van der Waals surface area contributed by atoms with Crippen molar-refractivity contribution in [2.24, 2.45) is 11.5 Å². The van der Waals surface area contributed by atoms with Crippen molar-refractivity contribution >= 4 is 10.8 Å². The average molecular weight is 427 g/mol. The Morgan fingerprint density at radius 3 is 1.41 bits per heavy atom. The van der Waals surface area contributed by atoms with Crippen molar-refractivity contribution < 1.29 is 9.47 Å². The lowest BCUT2D eigenvalue weighted by atomic mass is 10.0. The fraction of sp³-hybridized carbons (Fsp3) is 0.214. The van der Waals surface area contributed by atoms with Gasteiger partial charge in [0.15, 0.2) is 0 Å². The van der Waals surface area contributed by atoms with Gasteiger partial charge in [-0.15, -0.1) is 0 Å². The zero-order valence-corrected chi connectivity index (χ0v) is 18.2. The van der Waals surface area contributed by atoms with E-state index < -0.39 is 0 Å². The zero-order chi connectivity index (χ0) is 22.2. The summed E-state index contributed by atoms with van der Waals surface area (Å²) in [6.45, 7) is 2.03. The topological polar surface area (TPSA) is 70.5 Å². The van der Waals surface area contributed by atoms with Gasteiger partial charge in [0, 0.05) is 0 Å². The van der Waals surface area contributed by atoms with Crippen molar-refractivity contribution in [3.63, 3.8) is 0 Å². The minimum atomic E-state index is -0.123. The first-order valence-electron chi connectivity index (χ1n) is 11.0. The fourth-order valence-corrected chi connectivity index (χ4v) is 3.73. The third-order valence-electron chi connectivity index (χ3n) is 5.56. The molecule has 4 aromatic rings. The maximum Gasteiger partial charge on any atom is 0.0718 e. The molecular formula is C28H30N2O2. The quantitative estimate of drug-likeness (QED) is 0.362. The molecule has 0 saturated heterocycles. The molecule has 0 aliphatic carbocycles. The Balaban J connectivity index is 1.31. The van der Waals surface area contributed by atoms with Gasteiger partial charge in [-0.25, -0.2) is 0 Å². The molecule has 164 valence electrons. The van der Waals surface area contributed by atoms with Gasteiger partial charge in [0.25, 0.3) is 0 Å². The molecule has 4 heteroatoms. The molecular weight excluding hydrogens is 396 g/mol. The first kappa shape index (κ1) is 22.2. The highest BCUT2D eigenvalue weighted by atomic mass is 16.5. The van der Waals surface area contributed by atoms with E-state index in [9.17, 15) is 0 Å². The van der Waals surface area contributed by atoms with E-state index in [0.29, 0.717) is 26.4 Å². The molecule has 0 radical (unpaired) electrons. The standard InChI is InChI=1S/C28H30N2O2/c29-27(24-7-3-1-4-8-24)19-31-17-21-11-13-23-14-12-22(16-26(23)15-21)18-32-20-28(30)25-9-5-2-6-10-25/h1-16,27-28H,17-20,29-30H2. The van der Waals surface area contributed by atoms with Crippen molar-refractivity contribution in [1.29, 1.82) is 0 Å². The summed E-state index contributed by atoms with van der Waals surface area (Å²) in [5.74, 6) is 0. The van der Waals surface area contributed by atoms with Gasteiger partial charge in [-0.05, 0) is 45.2 Å². The van der Waals surface area contributed by atoms with E-state index in [1.54, 1.807) is 0 Å². The van der Waals surface area contributed by atoms with Crippen molar-refractivity contribution in [2.45, 2.75) is 25.3 Å². The Kier molecular flexibility index (Phi) is 7.64. The maximum atomic E-state index is 6.23. The van der Waals surface area contributed by atoms with E-state index in [1.165, 1.54) is 10.8 Å². The van der Waals surface area contributed by atoms with Gasteiger partial charge >= 0.3 is 0 Å². The lowest BCUT2D eigenvalue weighted by molar-refractivity contribution is 0.108. The first-order valence-corrected chi connectivity index (χ1v) is 11.0. The summed E-state index contributed by atoms with van der Waals surface area (Å²) in [7, 11) is 0. The SMILES string of the molecule is NC(COCc1ccc2ccc(COCC(N)c3ccccc3)cc2c1)c1ccccc1. The normalized spacial score (nSPS) is 13.2. The van der Waals surface area contributed by atoms with Crippen molar-refractivity contribution in [3.8, 4) is 0 Å². The second-order valence-corrected chi connectivity index (χ2v) is 8.08. The van der Waals surface area contributed by atoms with Gasteiger partial charge in [0.2, 0.25) is 0 Å². The number of nitrogens with two attached hydrogens (primary N) is 2. The summed E-state index contributed by atoms with van der Waals surface area (Å²) in [6, 6.07) is 32.6. The first-order chi connectivity index (χ1) is 15.7. The molecule has 0 heterocycles. The summed E-state index contributed by atoms with van der Waals surface area (Å²) in [5.41, 5.74) is 16.9. The van der Waals surface area contributed by atoms with Crippen LogP contribution < -0.4 is 11.5 Å². The minimum absolute atomic E-state index is 0.123. The van der Waals surface area contributed by atoms with Gasteiger partial charge < -0.3 is 20.9 Å². The molecule has 0 aliphatic rings. The zero-order valence-electron chi connectivity index (χ0n) is 18.2. The van der Waals surface area contributed by atoms with Crippen LogP contribution in [0.1, 0.15) is 34.3 Å². The van der Waals surface area contributed by atoms with Crippen LogP contribution in [0.4, 0.5) is 0 Å². The second kappa shape index (κ2) is 11.0. The number of hydrogen-bond donors (Lipinski definition) is 2. The van der Waals surface area contributed by atoms with Gasteiger partial charge in [0.1, 0.15) is 0 Å². The van der Waals surface area contributed by atoms with Crippen LogP contribution in [-0.4, -0.2) is 13.2 Å². The van der Waals surface area contributed by atoms with Crippen molar-refractivity contribution in [2.75, 3.05) is 13.2 Å². The van der Waals surface area contributed by atoms with Gasteiger partial charge in [0.05, 0.1) is 38.5 Å². The summed E-state index contributed by atoms with van der Waals surface area (Å²) in [4.78, 5) is 0. The molecule has 0 amide bonds. The fourth-order valence-electron chi connectivity index (χ4n) is 3.73. The third-order valence-corrected chi connectivity index (χ3v) is 5.56. The number of rotatable bonds is 10. The van der Waals surface area contributed by atoms with E-state index in [2.05, 4.69) is 36.4 Å². The largest absolute Gasteiger partial charge is 0.375 e. The summed E-state index contributed by atoms with van der Waals surface area (Å²) < 4.78 is 11.8. The number of ether oxygens (including phenoxy) is 2. The molecule has 2 atom stereocenters. The Hall–Kier alpha value is -3.02. The molecule has 0 saturated carbocycles. The summed E-state index contributed by atoms with van der Waals surface area (Å²) >= 11 is 0. The van der Waals surface area contributed by atoms with Gasteiger partial charge in [-0.1, -0.05) is 84.9 Å². The van der Waals surface area contributed by atoms with Crippen LogP contribution in [0.3, 0.4) is 0 Å². The third kappa shape index (κ3) is 6.02. The van der Waals surface area contributed by atoms with Crippen LogP contribution in [0.15, 0.2) is 97.1 Å². The van der Waals surface area contributed by atoms with E-state index >= 15 is 0 Å². The lowest BCUT2D eigenvalue weighted by Gasteiger charge is -2.14. The molecule has 0 fully saturated rings. The van der Waals surface area contributed by atoms with Crippen LogP contribution >= 0.6 is 0 Å². The second-order valence-electron chi connectivity index (χ2n) is 8.08. The van der Waals surface area contributed by atoms with Crippen molar-refractivity contribution in [3.05, 3.63) is 119 Å². The average Bonchev–Trinajstić information content (AvgIpc) is 2.85. The molecule has 0 bridgehead atoms. The van der Waals surface area contributed by atoms with Crippen LogP contribution in [0, 0.1) is 0 Å². The molecule has 4 rings (SSSR count). The Labute approximate surface area is 189 Å². The summed E-state index contributed by atoms with van der Waals surface area (Å²) in [6.07, 6.45) is 0. The van der Waals surface area contributed by atoms with E-state index in [0.717, 1.165) is 22.3 Å². The Morgan fingerprint density at radius 1 is 0.531 bits per heavy atom. The predicted octanol–water partition coefficient (Wildman–Crippen LogP) is 5.27. The van der Waals surface area contributed by atoms with Gasteiger partial charge in [-0.3, -0.25) is 0 Å². The van der Waals surface area contributed by atoms with Crippen molar-refractivity contribution in [1.82, 2.24) is 0 Å². The number of benzene rings is 4. The highest BCUT2D eigenvalue weighted by molar-refractivity contribution is 5.83. The van der Waals surface area contributed by atoms with E-state index in [4.69, 9.17) is 20.9 Å². The van der Waals surface area contributed by atoms with Gasteiger partial charge in [-0.2, -0.15) is 0 Å². The minimum Gasteiger partial charge on any atom is -0.375 e. The Bertz CT molecular complexity index is 1030. The monoisotopic (exact) mass is 426 g/mol. The van der Waals surface area contributed by atoms with E-state index in [-0.39, 0.29) is 12.1 Å². The molecule has 4 N–H and O–H groups in total. The van der Waals surface area contributed by atoms with Crippen LogP contribution in [0.5, 0.6) is 0 Å². The van der Waals surface area contributed by atoms with E-state index in [1.807, 2.05) is 60.7 Å². The highest BCUT2D eigenvalue weighted by Crippen LogP contribution is 2.20. The van der Waals surface area contributed by atoms with Crippen LogP contribution in [0.2, 0.25) is 0 Å². The molecule has 0 aromatic heterocycles. The lowest BCUT2D eigenvalue weighted by Crippen LogP contribution is -2.17. The maximum absolute atomic E-state index is 6.23. The summed E-state index contributed by atoms with van der Waals surface area (Å²) in [5, 5.41) is 2.37. The highest BCUT2D eigenvalue weighted by Gasteiger charge is 2.07. The predicted molar refractivity (Wildman–Crippen MR) is 130 cm³/mol. The molecule has 4 nitrogen and oxygen atoms in total. The smallest absolute Gasteiger partial charge is 0.0718 e. The molecule has 0 spiro atoms. The Morgan fingerprint density at radius 2 is 0.969 bits per heavy atom. The number of fused-ring (bicyclic) bond motifs is 1. The van der Waals surface area contributed by atoms with Crippen LogP contribution in [0.25, 0.3) is 10.8 Å². The number of hydrogen-bond acceptors (Lipinski definition) is 4.